The van der Waals surface area contributed by atoms with Crippen LogP contribution in [0.2, 0.25) is 0 Å². The Kier molecular flexibility index (Phi) is 6.97. The molecule has 0 heterocycles. The number of aliphatic carboxylic acids is 1. The van der Waals surface area contributed by atoms with E-state index in [-0.39, 0.29) is 13.2 Å². The highest BCUT2D eigenvalue weighted by molar-refractivity contribution is 5.76. The first kappa shape index (κ1) is 15.4. The molecular weight excluding hydrogens is 224 g/mol. The van der Waals surface area contributed by atoms with Crippen LogP contribution >= 0.6 is 0 Å². The quantitative estimate of drug-likeness (QED) is 0.561. The molecule has 6 heteroatoms. The van der Waals surface area contributed by atoms with Crippen molar-refractivity contribution in [2.45, 2.75) is 19.9 Å². The zero-order chi connectivity index (χ0) is 13.4. The van der Waals surface area contributed by atoms with Gasteiger partial charge in [0.2, 0.25) is 0 Å². The molecular formula is C11H20N2O4. The van der Waals surface area contributed by atoms with Crippen LogP contribution < -0.4 is 5.32 Å². The molecule has 17 heavy (non-hydrogen) atoms. The number of nitrogens with zero attached hydrogens (tertiary/aromatic N) is 1. The zero-order valence-corrected chi connectivity index (χ0v) is 10.2. The maximum absolute atomic E-state index is 11.7. The van der Waals surface area contributed by atoms with Gasteiger partial charge in [0, 0.05) is 19.1 Å². The second kappa shape index (κ2) is 7.67. The number of aliphatic hydroxyl groups excluding tert-OH is 1. The van der Waals surface area contributed by atoms with Gasteiger partial charge in [0.15, 0.2) is 0 Å². The van der Waals surface area contributed by atoms with E-state index in [2.05, 4.69) is 11.9 Å². The highest BCUT2D eigenvalue weighted by atomic mass is 16.4. The van der Waals surface area contributed by atoms with Crippen LogP contribution in [0, 0.1) is 5.92 Å². The van der Waals surface area contributed by atoms with Crippen LogP contribution in [0.1, 0.15) is 13.8 Å². The molecule has 2 amide bonds. The molecule has 3 N–H and O–H groups in total. The minimum absolute atomic E-state index is 0.149. The minimum Gasteiger partial charge on any atom is -0.481 e. The number of aliphatic hydroxyl groups is 1. The molecule has 0 bridgehead atoms. The number of carbonyl (C=O) groups is 2. The summed E-state index contributed by atoms with van der Waals surface area (Å²) in [5, 5.41) is 20.2. The summed E-state index contributed by atoms with van der Waals surface area (Å²) in [6.07, 6.45) is 1.54. The summed E-state index contributed by atoms with van der Waals surface area (Å²) < 4.78 is 0. The van der Waals surface area contributed by atoms with E-state index in [1.165, 1.54) is 11.8 Å². The molecule has 98 valence electrons. The van der Waals surface area contributed by atoms with E-state index in [1.807, 2.05) is 0 Å². The van der Waals surface area contributed by atoms with Crippen molar-refractivity contribution in [1.82, 2.24) is 10.2 Å². The fraction of sp³-hybridized carbons (Fsp3) is 0.636. The third-order valence-electron chi connectivity index (χ3n) is 2.50. The van der Waals surface area contributed by atoms with Crippen LogP contribution in [0.15, 0.2) is 12.7 Å². The van der Waals surface area contributed by atoms with E-state index in [9.17, 15) is 9.59 Å². The topological polar surface area (TPSA) is 89.9 Å². The molecule has 0 aromatic carbocycles. The molecule has 0 saturated carbocycles. The largest absolute Gasteiger partial charge is 0.481 e. The minimum atomic E-state index is -0.963. The van der Waals surface area contributed by atoms with Gasteiger partial charge in [-0.2, -0.15) is 0 Å². The summed E-state index contributed by atoms with van der Waals surface area (Å²) in [6.45, 7) is 7.01. The Morgan fingerprint density at radius 2 is 2.06 bits per heavy atom. The number of amides is 2. The van der Waals surface area contributed by atoms with E-state index < -0.39 is 24.0 Å². The van der Waals surface area contributed by atoms with Crippen LogP contribution in [-0.2, 0) is 4.79 Å². The Labute approximate surface area is 101 Å². The Balaban J connectivity index is 4.38. The van der Waals surface area contributed by atoms with E-state index in [1.54, 1.807) is 13.0 Å². The zero-order valence-electron chi connectivity index (χ0n) is 10.2. The van der Waals surface area contributed by atoms with Crippen molar-refractivity contribution in [3.05, 3.63) is 12.7 Å². The molecule has 0 rings (SSSR count). The van der Waals surface area contributed by atoms with Gasteiger partial charge in [0.25, 0.3) is 0 Å². The van der Waals surface area contributed by atoms with Crippen LogP contribution in [-0.4, -0.2) is 52.9 Å². The number of carbonyl (C=O) groups excluding carboxylic acids is 1. The number of rotatable bonds is 7. The highest BCUT2D eigenvalue weighted by Crippen LogP contribution is 2.03. The van der Waals surface area contributed by atoms with Gasteiger partial charge in [-0.1, -0.05) is 6.08 Å². The van der Waals surface area contributed by atoms with E-state index in [0.717, 1.165) is 0 Å². The Hall–Kier alpha value is -1.56. The smallest absolute Gasteiger partial charge is 0.317 e. The fourth-order valence-corrected chi connectivity index (χ4v) is 1.18. The molecule has 2 unspecified atom stereocenters. The van der Waals surface area contributed by atoms with Gasteiger partial charge in [-0.15, -0.1) is 6.58 Å². The number of hydrogen-bond acceptors (Lipinski definition) is 3. The average molecular weight is 244 g/mol. The van der Waals surface area contributed by atoms with Gasteiger partial charge in [-0.05, 0) is 13.8 Å². The third-order valence-corrected chi connectivity index (χ3v) is 2.50. The monoisotopic (exact) mass is 244 g/mol. The maximum Gasteiger partial charge on any atom is 0.317 e. The molecule has 0 aliphatic rings. The predicted molar refractivity (Wildman–Crippen MR) is 63.6 cm³/mol. The lowest BCUT2D eigenvalue weighted by molar-refractivity contribution is -0.141. The molecule has 0 radical (unpaired) electrons. The van der Waals surface area contributed by atoms with Crippen LogP contribution in [0.3, 0.4) is 0 Å². The summed E-state index contributed by atoms with van der Waals surface area (Å²) in [5.41, 5.74) is 0. The van der Waals surface area contributed by atoms with E-state index in [4.69, 9.17) is 10.2 Å². The summed E-state index contributed by atoms with van der Waals surface area (Å²) in [4.78, 5) is 23.8. The molecule has 6 nitrogen and oxygen atoms in total. The summed E-state index contributed by atoms with van der Waals surface area (Å²) in [5.74, 6) is -1.63. The lowest BCUT2D eigenvalue weighted by atomic mass is 10.0. The Morgan fingerprint density at radius 3 is 2.47 bits per heavy atom. The fourth-order valence-electron chi connectivity index (χ4n) is 1.18. The number of nitrogens with one attached hydrogen (secondary N) is 1. The summed E-state index contributed by atoms with van der Waals surface area (Å²) >= 11 is 0. The molecule has 0 fully saturated rings. The lowest BCUT2D eigenvalue weighted by Gasteiger charge is -2.24. The highest BCUT2D eigenvalue weighted by Gasteiger charge is 2.22. The number of urea groups is 1. The molecule has 2 atom stereocenters. The van der Waals surface area contributed by atoms with Crippen molar-refractivity contribution >= 4 is 12.0 Å². The molecule has 0 spiro atoms. The average Bonchev–Trinajstić information content (AvgIpc) is 2.27. The van der Waals surface area contributed by atoms with Crippen molar-refractivity contribution in [3.8, 4) is 0 Å². The predicted octanol–water partition coefficient (Wildman–Crippen LogP) is 0.285. The third kappa shape index (κ3) is 5.35. The van der Waals surface area contributed by atoms with Gasteiger partial charge in [0.1, 0.15) is 0 Å². The Bertz CT molecular complexity index is 281. The molecule has 0 aliphatic heterocycles. The second-order valence-corrected chi connectivity index (χ2v) is 3.82. The first-order valence-electron chi connectivity index (χ1n) is 5.44. The normalized spacial score (nSPS) is 13.6. The number of carboxylic acid groups (broad SMARTS) is 1. The SMILES string of the molecule is C=CCN(CCO)C(=O)NC(C)C(C)C(=O)O. The molecule has 0 saturated heterocycles. The first-order chi connectivity index (χ1) is 7.93. The van der Waals surface area contributed by atoms with Crippen LogP contribution in [0.25, 0.3) is 0 Å². The number of hydrogen-bond donors (Lipinski definition) is 3. The summed E-state index contributed by atoms with van der Waals surface area (Å²) in [6, 6.07) is -0.884. The maximum atomic E-state index is 11.7. The Morgan fingerprint density at radius 1 is 1.47 bits per heavy atom. The van der Waals surface area contributed by atoms with Crippen molar-refractivity contribution < 1.29 is 19.8 Å². The second-order valence-electron chi connectivity index (χ2n) is 3.82. The van der Waals surface area contributed by atoms with E-state index >= 15 is 0 Å². The van der Waals surface area contributed by atoms with Crippen LogP contribution in [0.5, 0.6) is 0 Å². The number of carboxylic acids is 1. The van der Waals surface area contributed by atoms with Gasteiger partial charge >= 0.3 is 12.0 Å². The van der Waals surface area contributed by atoms with Gasteiger partial charge in [0.05, 0.1) is 12.5 Å². The molecule has 0 aromatic rings. The summed E-state index contributed by atoms with van der Waals surface area (Å²) in [7, 11) is 0. The van der Waals surface area contributed by atoms with Gasteiger partial charge < -0.3 is 20.4 Å². The molecule has 0 aromatic heterocycles. The van der Waals surface area contributed by atoms with Crippen molar-refractivity contribution in [3.63, 3.8) is 0 Å². The van der Waals surface area contributed by atoms with Crippen molar-refractivity contribution in [2.75, 3.05) is 19.7 Å². The standard InChI is InChI=1S/C11H20N2O4/c1-4-5-13(6-7-14)11(17)12-9(3)8(2)10(15)16/h4,8-9,14H,1,5-7H2,2-3H3,(H,12,17)(H,15,16). The van der Waals surface area contributed by atoms with Crippen LogP contribution in [0.4, 0.5) is 4.79 Å². The van der Waals surface area contributed by atoms with Crippen molar-refractivity contribution in [1.29, 1.82) is 0 Å². The van der Waals surface area contributed by atoms with Crippen molar-refractivity contribution in [2.24, 2.45) is 5.92 Å². The molecule has 0 aliphatic carbocycles. The first-order valence-corrected chi connectivity index (χ1v) is 5.44. The van der Waals surface area contributed by atoms with Gasteiger partial charge in [-0.25, -0.2) is 4.79 Å². The lowest BCUT2D eigenvalue weighted by Crippen LogP contribution is -2.48. The van der Waals surface area contributed by atoms with Gasteiger partial charge in [-0.3, -0.25) is 4.79 Å². The van der Waals surface area contributed by atoms with E-state index in [0.29, 0.717) is 6.54 Å².